The highest BCUT2D eigenvalue weighted by Crippen LogP contribution is 2.32. The highest BCUT2D eigenvalue weighted by Gasteiger charge is 2.27. The molecular formula is C18H17N3O4. The molecule has 1 atom stereocenters. The number of hydrogen-bond donors (Lipinski definition) is 1. The van der Waals surface area contributed by atoms with Gasteiger partial charge < -0.3 is 9.47 Å². The number of nitrogens with one attached hydrogen (secondary N) is 1. The lowest BCUT2D eigenvalue weighted by molar-refractivity contribution is 0.0950. The molecule has 4 rings (SSSR count). The number of benzene rings is 1. The lowest BCUT2D eigenvalue weighted by Gasteiger charge is -2.21. The van der Waals surface area contributed by atoms with E-state index in [0.717, 1.165) is 0 Å². The van der Waals surface area contributed by atoms with Crippen molar-refractivity contribution >= 4 is 17.6 Å². The van der Waals surface area contributed by atoms with Crippen LogP contribution in [0.2, 0.25) is 0 Å². The number of amides is 1. The van der Waals surface area contributed by atoms with Crippen LogP contribution in [-0.4, -0.2) is 28.5 Å². The Labute approximate surface area is 144 Å². The Hall–Kier alpha value is -2.96. The topological polar surface area (TPSA) is 90.4 Å². The minimum Gasteiger partial charge on any atom is -0.454 e. The molecule has 1 aromatic carbocycles. The van der Waals surface area contributed by atoms with Crippen LogP contribution in [0.15, 0.2) is 18.2 Å². The van der Waals surface area contributed by atoms with Gasteiger partial charge in [0.25, 0.3) is 5.91 Å². The highest BCUT2D eigenvalue weighted by atomic mass is 16.7. The molecule has 1 N–H and O–H groups in total. The highest BCUT2D eigenvalue weighted by molar-refractivity contribution is 6.04. The Morgan fingerprint density at radius 3 is 2.84 bits per heavy atom. The summed E-state index contributed by atoms with van der Waals surface area (Å²) in [7, 11) is 0. The van der Waals surface area contributed by atoms with Gasteiger partial charge in [0.2, 0.25) is 12.7 Å². The number of aromatic nitrogens is 2. The van der Waals surface area contributed by atoms with Crippen molar-refractivity contribution in [1.29, 1.82) is 0 Å². The molecule has 1 aromatic heterocycles. The number of fused-ring (bicyclic) bond motifs is 2. The van der Waals surface area contributed by atoms with Gasteiger partial charge >= 0.3 is 0 Å². The van der Waals surface area contributed by atoms with Gasteiger partial charge in [-0.2, -0.15) is 0 Å². The number of carbonyl (C=O) groups excluding carboxylic acids is 2. The Morgan fingerprint density at radius 2 is 2.00 bits per heavy atom. The number of carbonyl (C=O) groups is 2. The van der Waals surface area contributed by atoms with Crippen LogP contribution in [0.25, 0.3) is 0 Å². The van der Waals surface area contributed by atoms with Gasteiger partial charge in [0.05, 0.1) is 17.0 Å². The Morgan fingerprint density at radius 1 is 1.20 bits per heavy atom. The van der Waals surface area contributed by atoms with Gasteiger partial charge in [-0.25, -0.2) is 9.97 Å². The maximum atomic E-state index is 12.5. The number of anilines is 1. The first-order chi connectivity index (χ1) is 12.0. The van der Waals surface area contributed by atoms with E-state index in [0.29, 0.717) is 46.9 Å². The van der Waals surface area contributed by atoms with Crippen molar-refractivity contribution in [3.63, 3.8) is 0 Å². The van der Waals surface area contributed by atoms with Crippen molar-refractivity contribution in [3.05, 3.63) is 40.7 Å². The molecule has 25 heavy (non-hydrogen) atoms. The van der Waals surface area contributed by atoms with E-state index in [1.165, 1.54) is 0 Å². The predicted octanol–water partition coefficient (Wildman–Crippen LogP) is 2.53. The van der Waals surface area contributed by atoms with Crippen LogP contribution in [0.3, 0.4) is 0 Å². The average molecular weight is 339 g/mol. The summed E-state index contributed by atoms with van der Waals surface area (Å²) < 4.78 is 10.5. The molecule has 0 unspecified atom stereocenters. The number of aryl methyl sites for hydroxylation is 1. The number of Topliss-reactive ketones (excluding diaryl/α,β-unsaturated/α-hetero) is 1. The zero-order valence-electron chi connectivity index (χ0n) is 14.0. The van der Waals surface area contributed by atoms with Crippen LogP contribution >= 0.6 is 0 Å². The monoisotopic (exact) mass is 339 g/mol. The summed E-state index contributed by atoms with van der Waals surface area (Å²) in [4.78, 5) is 33.3. The first kappa shape index (κ1) is 15.6. The molecule has 1 aliphatic heterocycles. The van der Waals surface area contributed by atoms with Crippen molar-refractivity contribution in [2.24, 2.45) is 5.92 Å². The van der Waals surface area contributed by atoms with Gasteiger partial charge in [-0.1, -0.05) is 6.92 Å². The summed E-state index contributed by atoms with van der Waals surface area (Å²) in [6.07, 6.45) is 1.22. The third kappa shape index (κ3) is 2.82. The van der Waals surface area contributed by atoms with Crippen LogP contribution in [-0.2, 0) is 6.42 Å². The quantitative estimate of drug-likeness (QED) is 0.904. The molecular weight excluding hydrogens is 322 g/mol. The SMILES string of the molecule is Cc1nc(NC(=O)c2ccc3c(c2)OCO3)nc2c1C(=O)C[C@@H](C)C2. The van der Waals surface area contributed by atoms with Gasteiger partial charge in [0.1, 0.15) is 0 Å². The van der Waals surface area contributed by atoms with Gasteiger partial charge in [-0.05, 0) is 37.5 Å². The lowest BCUT2D eigenvalue weighted by atomic mass is 9.86. The molecule has 2 heterocycles. The molecule has 2 aliphatic rings. The van der Waals surface area contributed by atoms with E-state index in [9.17, 15) is 9.59 Å². The predicted molar refractivity (Wildman–Crippen MR) is 89.1 cm³/mol. The summed E-state index contributed by atoms with van der Waals surface area (Å²) >= 11 is 0. The van der Waals surface area contributed by atoms with E-state index in [2.05, 4.69) is 15.3 Å². The molecule has 1 aliphatic carbocycles. The van der Waals surface area contributed by atoms with Crippen LogP contribution < -0.4 is 14.8 Å². The maximum Gasteiger partial charge on any atom is 0.258 e. The van der Waals surface area contributed by atoms with Crippen LogP contribution in [0, 0.1) is 12.8 Å². The van der Waals surface area contributed by atoms with Gasteiger partial charge in [-0.15, -0.1) is 0 Å². The molecule has 0 radical (unpaired) electrons. The molecule has 7 heteroatoms. The molecule has 2 aromatic rings. The number of hydrogen-bond acceptors (Lipinski definition) is 6. The largest absolute Gasteiger partial charge is 0.454 e. The standard InChI is InChI=1S/C18H17N3O4/c1-9-5-12-16(13(22)6-9)10(2)19-18(20-12)21-17(23)11-3-4-14-15(7-11)25-8-24-14/h3-4,7,9H,5-6,8H2,1-2H3,(H,19,20,21,23)/t9-/m0/s1. The third-order valence-electron chi connectivity index (χ3n) is 4.38. The van der Waals surface area contributed by atoms with Crippen LogP contribution in [0.5, 0.6) is 11.5 Å². The lowest BCUT2D eigenvalue weighted by Crippen LogP contribution is -2.23. The number of nitrogens with zero attached hydrogens (tertiary/aromatic N) is 2. The minimum absolute atomic E-state index is 0.0693. The van der Waals surface area contributed by atoms with E-state index in [-0.39, 0.29) is 30.3 Å². The molecule has 0 bridgehead atoms. The second-order valence-corrected chi connectivity index (χ2v) is 6.41. The second-order valence-electron chi connectivity index (χ2n) is 6.41. The van der Waals surface area contributed by atoms with E-state index in [4.69, 9.17) is 9.47 Å². The summed E-state index contributed by atoms with van der Waals surface area (Å²) in [6.45, 7) is 3.94. The molecule has 0 saturated heterocycles. The smallest absolute Gasteiger partial charge is 0.258 e. The number of ketones is 1. The van der Waals surface area contributed by atoms with E-state index < -0.39 is 0 Å². The van der Waals surface area contributed by atoms with Crippen molar-refractivity contribution in [3.8, 4) is 11.5 Å². The molecule has 0 fully saturated rings. The van der Waals surface area contributed by atoms with Gasteiger partial charge in [-0.3, -0.25) is 14.9 Å². The van der Waals surface area contributed by atoms with Crippen molar-refractivity contribution in [1.82, 2.24) is 9.97 Å². The van der Waals surface area contributed by atoms with Crippen molar-refractivity contribution in [2.45, 2.75) is 26.7 Å². The fourth-order valence-corrected chi connectivity index (χ4v) is 3.23. The molecule has 1 amide bonds. The molecule has 7 nitrogen and oxygen atoms in total. The van der Waals surface area contributed by atoms with E-state index >= 15 is 0 Å². The summed E-state index contributed by atoms with van der Waals surface area (Å²) in [5.41, 5.74) is 2.33. The van der Waals surface area contributed by atoms with E-state index in [1.807, 2.05) is 6.92 Å². The number of ether oxygens (including phenoxy) is 2. The van der Waals surface area contributed by atoms with E-state index in [1.54, 1.807) is 25.1 Å². The Kier molecular flexibility index (Phi) is 3.63. The Bertz CT molecular complexity index is 894. The van der Waals surface area contributed by atoms with Crippen LogP contribution in [0.4, 0.5) is 5.95 Å². The average Bonchev–Trinajstić information content (AvgIpc) is 3.01. The normalized spacial score (nSPS) is 18.0. The summed E-state index contributed by atoms with van der Waals surface area (Å²) in [6, 6.07) is 4.96. The maximum absolute atomic E-state index is 12.5. The van der Waals surface area contributed by atoms with Gasteiger partial charge in [0, 0.05) is 12.0 Å². The van der Waals surface area contributed by atoms with Gasteiger partial charge in [0.15, 0.2) is 17.3 Å². The van der Waals surface area contributed by atoms with Crippen molar-refractivity contribution < 1.29 is 19.1 Å². The molecule has 0 saturated carbocycles. The first-order valence-electron chi connectivity index (χ1n) is 8.13. The fourth-order valence-electron chi connectivity index (χ4n) is 3.23. The molecule has 128 valence electrons. The first-order valence-corrected chi connectivity index (χ1v) is 8.13. The zero-order valence-corrected chi connectivity index (χ0v) is 14.0. The second kappa shape index (κ2) is 5.84. The molecule has 0 spiro atoms. The third-order valence-corrected chi connectivity index (χ3v) is 4.38. The summed E-state index contributed by atoms with van der Waals surface area (Å²) in [5, 5.41) is 2.70. The van der Waals surface area contributed by atoms with Crippen LogP contribution in [0.1, 0.15) is 45.4 Å². The number of rotatable bonds is 2. The summed E-state index contributed by atoms with van der Waals surface area (Å²) in [5.74, 6) is 1.33. The Balaban J connectivity index is 1.61. The fraction of sp³-hybridized carbons (Fsp3) is 0.333. The minimum atomic E-state index is -0.340. The van der Waals surface area contributed by atoms with Crippen molar-refractivity contribution in [2.75, 3.05) is 12.1 Å². The zero-order chi connectivity index (χ0) is 17.6.